The van der Waals surface area contributed by atoms with E-state index in [1.807, 2.05) is 37.3 Å². The summed E-state index contributed by atoms with van der Waals surface area (Å²) in [4.78, 5) is 8.45. The number of hydrogen-bond donors (Lipinski definition) is 1. The fraction of sp³-hybridized carbons (Fsp3) is 0.0625. The van der Waals surface area contributed by atoms with E-state index in [1.54, 1.807) is 35.5 Å². The highest BCUT2D eigenvalue weighted by Crippen LogP contribution is 2.22. The van der Waals surface area contributed by atoms with Crippen molar-refractivity contribution in [2.45, 2.75) is 6.92 Å². The third kappa shape index (κ3) is 3.14. The van der Waals surface area contributed by atoms with Crippen LogP contribution in [0.4, 0.5) is 0 Å². The molecule has 0 atom stereocenters. The van der Waals surface area contributed by atoms with Gasteiger partial charge in [-0.25, -0.2) is 9.67 Å². The molecule has 0 fully saturated rings. The van der Waals surface area contributed by atoms with Gasteiger partial charge in [0.05, 0.1) is 5.69 Å². The molecule has 1 aromatic carbocycles. The minimum Gasteiger partial charge on any atom is -0.508 e. The van der Waals surface area contributed by atoms with Crippen LogP contribution in [0.3, 0.4) is 0 Å². The minimum absolute atomic E-state index is 0.213. The van der Waals surface area contributed by atoms with Crippen molar-refractivity contribution in [1.82, 2.24) is 19.7 Å². The molecule has 2 heterocycles. The molecule has 0 unspecified atom stereocenters. The fourth-order valence-electron chi connectivity index (χ4n) is 2.00. The molecule has 5 nitrogen and oxygen atoms in total. The Kier molecular flexibility index (Phi) is 3.47. The molecule has 0 saturated heterocycles. The van der Waals surface area contributed by atoms with Crippen LogP contribution in [0.15, 0.2) is 48.9 Å². The zero-order valence-corrected chi connectivity index (χ0v) is 11.5. The third-order valence-electron chi connectivity index (χ3n) is 2.91. The molecule has 0 aliphatic heterocycles. The first-order valence-electron chi connectivity index (χ1n) is 6.52. The van der Waals surface area contributed by atoms with E-state index in [9.17, 15) is 5.11 Å². The van der Waals surface area contributed by atoms with Gasteiger partial charge in [-0.1, -0.05) is 6.07 Å². The van der Waals surface area contributed by atoms with Gasteiger partial charge in [0.1, 0.15) is 12.1 Å². The summed E-state index contributed by atoms with van der Waals surface area (Å²) >= 11 is 0. The molecular weight excluding hydrogens is 264 g/mol. The normalized spacial score (nSPS) is 11.1. The fourth-order valence-corrected chi connectivity index (χ4v) is 2.00. The van der Waals surface area contributed by atoms with Crippen LogP contribution in [0.5, 0.6) is 5.75 Å². The lowest BCUT2D eigenvalue weighted by Crippen LogP contribution is -1.88. The Bertz CT molecular complexity index is 758. The lowest BCUT2D eigenvalue weighted by Gasteiger charge is -1.99. The first kappa shape index (κ1) is 13.1. The van der Waals surface area contributed by atoms with E-state index in [1.165, 1.54) is 0 Å². The zero-order chi connectivity index (χ0) is 14.7. The topological polar surface area (TPSA) is 63.8 Å². The molecule has 21 heavy (non-hydrogen) atoms. The van der Waals surface area contributed by atoms with Crippen LogP contribution >= 0.6 is 0 Å². The van der Waals surface area contributed by atoms with Crippen molar-refractivity contribution < 1.29 is 5.11 Å². The summed E-state index contributed by atoms with van der Waals surface area (Å²) < 4.78 is 1.61. The number of phenols is 1. The largest absolute Gasteiger partial charge is 0.508 e. The van der Waals surface area contributed by atoms with Crippen LogP contribution < -0.4 is 0 Å². The number of aromatic hydroxyl groups is 1. The van der Waals surface area contributed by atoms with Gasteiger partial charge in [-0.05, 0) is 48.9 Å². The van der Waals surface area contributed by atoms with Gasteiger partial charge in [0.25, 0.3) is 0 Å². The number of benzene rings is 1. The molecule has 3 rings (SSSR count). The summed E-state index contributed by atoms with van der Waals surface area (Å²) in [6.07, 6.45) is 7.00. The second-order valence-corrected chi connectivity index (χ2v) is 4.68. The van der Waals surface area contributed by atoms with Gasteiger partial charge < -0.3 is 5.11 Å². The summed E-state index contributed by atoms with van der Waals surface area (Å²) in [5, 5.41) is 14.0. The number of rotatable bonds is 3. The first-order valence-corrected chi connectivity index (χ1v) is 6.52. The van der Waals surface area contributed by atoms with Crippen molar-refractivity contribution in [3.63, 3.8) is 0 Å². The highest BCUT2D eigenvalue weighted by atomic mass is 16.3. The number of pyridine rings is 1. The van der Waals surface area contributed by atoms with Crippen molar-refractivity contribution in [2.75, 3.05) is 0 Å². The Hall–Kier alpha value is -2.95. The lowest BCUT2D eigenvalue weighted by molar-refractivity contribution is 0.475. The van der Waals surface area contributed by atoms with Crippen LogP contribution in [-0.4, -0.2) is 24.9 Å². The maximum absolute atomic E-state index is 9.63. The van der Waals surface area contributed by atoms with E-state index < -0.39 is 0 Å². The van der Waals surface area contributed by atoms with Crippen molar-refractivity contribution in [3.8, 4) is 17.1 Å². The van der Waals surface area contributed by atoms with Gasteiger partial charge in [0.15, 0.2) is 5.82 Å². The second kappa shape index (κ2) is 5.58. The monoisotopic (exact) mass is 278 g/mol. The molecular formula is C16H14N4O. The molecule has 104 valence electrons. The summed E-state index contributed by atoms with van der Waals surface area (Å²) in [6.45, 7) is 1.92. The van der Waals surface area contributed by atoms with Gasteiger partial charge in [0.2, 0.25) is 0 Å². The predicted molar refractivity (Wildman–Crippen MR) is 81.3 cm³/mol. The summed E-state index contributed by atoms with van der Waals surface area (Å²) in [5.41, 5.74) is 2.60. The molecule has 0 aliphatic carbocycles. The Labute approximate surface area is 122 Å². The molecule has 5 heteroatoms. The predicted octanol–water partition coefficient (Wildman–Crippen LogP) is 2.98. The molecule has 0 radical (unpaired) electrons. The molecule has 0 saturated carbocycles. The second-order valence-electron chi connectivity index (χ2n) is 4.68. The number of phenolic OH excluding ortho intramolecular Hbond substituents is 1. The number of aromatic nitrogens is 4. The maximum atomic E-state index is 9.63. The van der Waals surface area contributed by atoms with Gasteiger partial charge in [-0.15, -0.1) is 5.10 Å². The molecule has 3 aromatic rings. The van der Waals surface area contributed by atoms with Crippen molar-refractivity contribution in [3.05, 3.63) is 60.2 Å². The summed E-state index contributed by atoms with van der Waals surface area (Å²) in [5.74, 6) is 0.782. The minimum atomic E-state index is 0.213. The van der Waals surface area contributed by atoms with Gasteiger partial charge in [-0.3, -0.25) is 4.98 Å². The Morgan fingerprint density at radius 1 is 1.14 bits per heavy atom. The maximum Gasteiger partial charge on any atom is 0.181 e. The van der Waals surface area contributed by atoms with E-state index in [4.69, 9.17) is 0 Å². The van der Waals surface area contributed by atoms with Crippen LogP contribution in [0, 0.1) is 6.92 Å². The van der Waals surface area contributed by atoms with Crippen LogP contribution in [-0.2, 0) is 0 Å². The highest BCUT2D eigenvalue weighted by Gasteiger charge is 2.05. The van der Waals surface area contributed by atoms with Gasteiger partial charge in [0, 0.05) is 18.0 Å². The highest BCUT2D eigenvalue weighted by molar-refractivity contribution is 5.60. The SMILES string of the molecule is Cc1cc(O)cc(-c2ncn(/C=C\c3ccccn3)n2)c1. The van der Waals surface area contributed by atoms with E-state index in [0.717, 1.165) is 16.8 Å². The smallest absolute Gasteiger partial charge is 0.181 e. The molecule has 0 spiro atoms. The Morgan fingerprint density at radius 3 is 2.81 bits per heavy atom. The summed E-state index contributed by atoms with van der Waals surface area (Å²) in [6, 6.07) is 11.0. The standard InChI is InChI=1S/C16H14N4O/c1-12-8-13(10-15(21)9-12)16-18-11-20(19-16)7-5-14-4-2-3-6-17-14/h2-11,21H,1H3/b7-5-. The van der Waals surface area contributed by atoms with E-state index >= 15 is 0 Å². The summed E-state index contributed by atoms with van der Waals surface area (Å²) in [7, 11) is 0. The van der Waals surface area contributed by atoms with Crippen molar-refractivity contribution in [1.29, 1.82) is 0 Å². The van der Waals surface area contributed by atoms with Crippen LogP contribution in [0.25, 0.3) is 23.7 Å². The number of hydrogen-bond acceptors (Lipinski definition) is 4. The average Bonchev–Trinajstić information content (AvgIpc) is 2.94. The molecule has 2 aromatic heterocycles. The van der Waals surface area contributed by atoms with E-state index in [0.29, 0.717) is 5.82 Å². The van der Waals surface area contributed by atoms with Crippen LogP contribution in [0.1, 0.15) is 11.3 Å². The third-order valence-corrected chi connectivity index (χ3v) is 2.91. The zero-order valence-electron chi connectivity index (χ0n) is 11.5. The van der Waals surface area contributed by atoms with Crippen molar-refractivity contribution >= 4 is 12.3 Å². The molecule has 1 N–H and O–H groups in total. The molecule has 0 bridgehead atoms. The molecule has 0 aliphatic rings. The molecule has 0 amide bonds. The average molecular weight is 278 g/mol. The van der Waals surface area contributed by atoms with E-state index in [-0.39, 0.29) is 5.75 Å². The van der Waals surface area contributed by atoms with E-state index in [2.05, 4.69) is 15.1 Å². The Balaban J connectivity index is 1.85. The van der Waals surface area contributed by atoms with Gasteiger partial charge in [-0.2, -0.15) is 0 Å². The van der Waals surface area contributed by atoms with Crippen molar-refractivity contribution in [2.24, 2.45) is 0 Å². The number of aryl methyl sites for hydroxylation is 1. The van der Waals surface area contributed by atoms with Gasteiger partial charge >= 0.3 is 0 Å². The first-order chi connectivity index (χ1) is 10.2. The quantitative estimate of drug-likeness (QED) is 0.800. The Morgan fingerprint density at radius 2 is 2.05 bits per heavy atom. The van der Waals surface area contributed by atoms with Crippen LogP contribution in [0.2, 0.25) is 0 Å². The lowest BCUT2D eigenvalue weighted by atomic mass is 10.1. The number of nitrogens with zero attached hydrogens (tertiary/aromatic N) is 4.